The molecule has 0 amide bonds. The van der Waals surface area contributed by atoms with Gasteiger partial charge in [0.05, 0.1) is 16.2 Å². The van der Waals surface area contributed by atoms with Crippen LogP contribution >= 0.6 is 23.2 Å². The van der Waals surface area contributed by atoms with Gasteiger partial charge in [0.2, 0.25) is 5.95 Å². The summed E-state index contributed by atoms with van der Waals surface area (Å²) in [6.07, 6.45) is 4.64. The van der Waals surface area contributed by atoms with Gasteiger partial charge in [-0.25, -0.2) is 15.0 Å². The van der Waals surface area contributed by atoms with Crippen LogP contribution in [0.3, 0.4) is 0 Å². The number of hydrogen-bond acceptors (Lipinski definition) is 6. The molecule has 3 heterocycles. The Morgan fingerprint density at radius 1 is 1.15 bits per heavy atom. The van der Waals surface area contributed by atoms with Gasteiger partial charge < -0.3 is 5.32 Å². The van der Waals surface area contributed by atoms with Gasteiger partial charge in [0.1, 0.15) is 5.52 Å². The number of aromatic amines is 1. The number of anilines is 1. The Morgan fingerprint density at radius 2 is 1.96 bits per heavy atom. The number of rotatable bonds is 4. The van der Waals surface area contributed by atoms with Crippen molar-refractivity contribution in [3.05, 3.63) is 68.8 Å². The molecule has 0 atom stereocenters. The van der Waals surface area contributed by atoms with Gasteiger partial charge in [0.25, 0.3) is 11.5 Å². The highest BCUT2D eigenvalue weighted by Crippen LogP contribution is 2.23. The first kappa shape index (κ1) is 16.5. The van der Waals surface area contributed by atoms with Gasteiger partial charge in [-0.2, -0.15) is 9.78 Å². The summed E-state index contributed by atoms with van der Waals surface area (Å²) in [4.78, 5) is 27.7. The van der Waals surface area contributed by atoms with Crippen LogP contribution in [0.15, 0.2) is 47.7 Å². The van der Waals surface area contributed by atoms with E-state index in [1.165, 1.54) is 10.9 Å². The lowest BCUT2D eigenvalue weighted by Crippen LogP contribution is -2.16. The molecule has 0 saturated heterocycles. The van der Waals surface area contributed by atoms with E-state index in [0.717, 1.165) is 5.56 Å². The van der Waals surface area contributed by atoms with Crippen LogP contribution in [-0.2, 0) is 6.54 Å². The van der Waals surface area contributed by atoms with E-state index in [0.29, 0.717) is 34.0 Å². The number of hydrogen-bond donors (Lipinski definition) is 2. The van der Waals surface area contributed by atoms with Crippen LogP contribution in [0.2, 0.25) is 10.0 Å². The fraction of sp³-hybridized carbons (Fsp3) is 0.0625. The molecule has 4 rings (SSSR count). The van der Waals surface area contributed by atoms with E-state index in [2.05, 4.69) is 30.4 Å². The minimum atomic E-state index is -0.350. The lowest BCUT2D eigenvalue weighted by atomic mass is 10.2. The molecule has 26 heavy (non-hydrogen) atoms. The fourth-order valence-electron chi connectivity index (χ4n) is 2.42. The first-order chi connectivity index (χ1) is 12.6. The number of benzene rings is 1. The second kappa shape index (κ2) is 6.74. The van der Waals surface area contributed by atoms with E-state index in [4.69, 9.17) is 23.2 Å². The topological polar surface area (TPSA) is 101 Å². The van der Waals surface area contributed by atoms with Gasteiger partial charge >= 0.3 is 0 Å². The van der Waals surface area contributed by atoms with Crippen molar-refractivity contribution in [2.45, 2.75) is 6.54 Å². The Labute approximate surface area is 156 Å². The maximum atomic E-state index is 12.5. The lowest BCUT2D eigenvalue weighted by molar-refractivity contribution is 0.828. The van der Waals surface area contributed by atoms with Crippen LogP contribution in [0, 0.1) is 0 Å². The smallest absolute Gasteiger partial charge is 0.279 e. The summed E-state index contributed by atoms with van der Waals surface area (Å²) in [5, 5.41) is 8.16. The predicted octanol–water partition coefficient (Wildman–Crippen LogP) is 2.82. The Kier molecular flexibility index (Phi) is 4.27. The highest BCUT2D eigenvalue weighted by molar-refractivity contribution is 6.42. The number of aromatic nitrogens is 6. The molecule has 0 aliphatic carbocycles. The monoisotopic (exact) mass is 387 g/mol. The van der Waals surface area contributed by atoms with E-state index in [-0.39, 0.29) is 11.1 Å². The molecule has 2 N–H and O–H groups in total. The van der Waals surface area contributed by atoms with Gasteiger partial charge in [-0.3, -0.25) is 9.78 Å². The molecule has 0 bridgehead atoms. The SMILES string of the molecule is O=c1[nH]c(NCc2ccc(Cl)c(Cl)c2)nc2cnn(-c3ncccn3)c12. The van der Waals surface area contributed by atoms with Gasteiger partial charge in [-0.15, -0.1) is 0 Å². The average molecular weight is 388 g/mol. The zero-order valence-electron chi connectivity index (χ0n) is 13.1. The first-order valence-electron chi connectivity index (χ1n) is 7.55. The Bertz CT molecular complexity index is 1140. The van der Waals surface area contributed by atoms with E-state index >= 15 is 0 Å². The number of H-pyrrole nitrogens is 1. The summed E-state index contributed by atoms with van der Waals surface area (Å²) in [5.41, 5.74) is 1.25. The van der Waals surface area contributed by atoms with E-state index in [1.54, 1.807) is 30.6 Å². The zero-order valence-corrected chi connectivity index (χ0v) is 14.7. The van der Waals surface area contributed by atoms with E-state index in [9.17, 15) is 4.79 Å². The molecule has 0 aliphatic heterocycles. The molecule has 4 aromatic rings. The van der Waals surface area contributed by atoms with Crippen molar-refractivity contribution in [2.75, 3.05) is 5.32 Å². The third-order valence-electron chi connectivity index (χ3n) is 3.61. The van der Waals surface area contributed by atoms with Crippen LogP contribution in [-0.4, -0.2) is 29.7 Å². The average Bonchev–Trinajstić information content (AvgIpc) is 3.08. The summed E-state index contributed by atoms with van der Waals surface area (Å²) < 4.78 is 1.35. The molecule has 0 radical (unpaired) electrons. The van der Waals surface area contributed by atoms with Crippen molar-refractivity contribution in [3.8, 4) is 5.95 Å². The van der Waals surface area contributed by atoms with Crippen molar-refractivity contribution in [1.29, 1.82) is 0 Å². The molecular formula is C16H11Cl2N7O. The highest BCUT2D eigenvalue weighted by Gasteiger charge is 2.13. The molecule has 3 aromatic heterocycles. The molecular weight excluding hydrogens is 377 g/mol. The summed E-state index contributed by atoms with van der Waals surface area (Å²) >= 11 is 11.9. The van der Waals surface area contributed by atoms with E-state index in [1.807, 2.05) is 6.07 Å². The lowest BCUT2D eigenvalue weighted by Gasteiger charge is -2.07. The van der Waals surface area contributed by atoms with Crippen LogP contribution in [0.1, 0.15) is 5.56 Å². The maximum Gasteiger partial charge on any atom is 0.279 e. The number of fused-ring (bicyclic) bond motifs is 1. The highest BCUT2D eigenvalue weighted by atomic mass is 35.5. The fourth-order valence-corrected chi connectivity index (χ4v) is 2.74. The molecule has 0 unspecified atom stereocenters. The summed E-state index contributed by atoms with van der Waals surface area (Å²) in [7, 11) is 0. The van der Waals surface area contributed by atoms with Crippen LogP contribution in [0.25, 0.3) is 17.0 Å². The van der Waals surface area contributed by atoms with Crippen molar-refractivity contribution in [3.63, 3.8) is 0 Å². The largest absolute Gasteiger partial charge is 0.352 e. The molecule has 10 heteroatoms. The predicted molar refractivity (Wildman–Crippen MR) is 98.9 cm³/mol. The second-order valence-corrected chi connectivity index (χ2v) is 6.17. The van der Waals surface area contributed by atoms with Gasteiger partial charge in [0, 0.05) is 18.9 Å². The number of nitrogens with zero attached hydrogens (tertiary/aromatic N) is 5. The second-order valence-electron chi connectivity index (χ2n) is 5.36. The minimum Gasteiger partial charge on any atom is -0.352 e. The van der Waals surface area contributed by atoms with Crippen LogP contribution in [0.5, 0.6) is 0 Å². The van der Waals surface area contributed by atoms with Crippen LogP contribution < -0.4 is 10.9 Å². The summed E-state index contributed by atoms with van der Waals surface area (Å²) in [5.74, 6) is 0.619. The Balaban J connectivity index is 1.64. The normalized spacial score (nSPS) is 11.0. The van der Waals surface area contributed by atoms with Gasteiger partial charge in [-0.1, -0.05) is 29.3 Å². The third kappa shape index (κ3) is 3.12. The van der Waals surface area contributed by atoms with E-state index < -0.39 is 0 Å². The van der Waals surface area contributed by atoms with Crippen LogP contribution in [0.4, 0.5) is 5.95 Å². The Hall–Kier alpha value is -2.97. The standard InChI is InChI=1S/C16H11Cl2N7O/c17-10-3-2-9(6-11(10)18)7-21-15-23-12-8-22-25(13(12)14(26)24-15)16-19-4-1-5-20-16/h1-6,8H,7H2,(H2,21,23,24,26). The zero-order chi connectivity index (χ0) is 18.1. The quantitative estimate of drug-likeness (QED) is 0.558. The van der Waals surface area contributed by atoms with Gasteiger partial charge in [0.15, 0.2) is 5.52 Å². The molecule has 130 valence electrons. The first-order valence-corrected chi connectivity index (χ1v) is 8.30. The summed E-state index contributed by atoms with van der Waals surface area (Å²) in [6.45, 7) is 0.418. The Morgan fingerprint density at radius 3 is 2.73 bits per heavy atom. The maximum absolute atomic E-state index is 12.5. The van der Waals surface area contributed by atoms with Crippen molar-refractivity contribution in [2.24, 2.45) is 0 Å². The molecule has 0 spiro atoms. The van der Waals surface area contributed by atoms with Crippen molar-refractivity contribution in [1.82, 2.24) is 29.7 Å². The molecule has 0 saturated carbocycles. The number of nitrogens with one attached hydrogen (secondary N) is 2. The summed E-state index contributed by atoms with van der Waals surface area (Å²) in [6, 6.07) is 6.98. The molecule has 0 aliphatic rings. The third-order valence-corrected chi connectivity index (χ3v) is 4.35. The van der Waals surface area contributed by atoms with Crippen molar-refractivity contribution >= 4 is 40.2 Å². The molecule has 8 nitrogen and oxygen atoms in total. The molecule has 1 aromatic carbocycles. The van der Waals surface area contributed by atoms with Crippen molar-refractivity contribution < 1.29 is 0 Å². The number of halogens is 2. The minimum absolute atomic E-state index is 0.274. The van der Waals surface area contributed by atoms with Gasteiger partial charge in [-0.05, 0) is 23.8 Å². The molecule has 0 fully saturated rings.